The zero-order chi connectivity index (χ0) is 21.1. The molecule has 0 bridgehead atoms. The van der Waals surface area contributed by atoms with Crippen molar-refractivity contribution in [2.24, 2.45) is 22.2 Å². The second kappa shape index (κ2) is 11.4. The first-order chi connectivity index (χ1) is 13.2. The Labute approximate surface area is 162 Å². The fourth-order valence-electron chi connectivity index (χ4n) is 2.37. The number of benzene rings is 1. The summed E-state index contributed by atoms with van der Waals surface area (Å²) in [6, 6.07) is 3.76. The molecule has 2 amide bonds. The van der Waals surface area contributed by atoms with Crippen LogP contribution in [0.4, 0.5) is 0 Å². The fraction of sp³-hybridized carbons (Fsp3) is 0.412. The van der Waals surface area contributed by atoms with Gasteiger partial charge in [0, 0.05) is 13.0 Å². The molecule has 1 aromatic rings. The van der Waals surface area contributed by atoms with Crippen LogP contribution < -0.4 is 27.8 Å². The number of rotatable bonds is 11. The number of hydrogen-bond donors (Lipinski definition) is 7. The normalized spacial score (nSPS) is 12.5. The first kappa shape index (κ1) is 22.7. The van der Waals surface area contributed by atoms with E-state index in [-0.39, 0.29) is 37.6 Å². The topological polar surface area (TPSA) is 206 Å². The molecule has 0 saturated carbocycles. The van der Waals surface area contributed by atoms with Gasteiger partial charge in [-0.15, -0.1) is 0 Å². The lowest BCUT2D eigenvalue weighted by molar-refractivity contribution is -0.142. The number of carboxylic acid groups (broad SMARTS) is 1. The van der Waals surface area contributed by atoms with E-state index in [1.165, 1.54) is 12.1 Å². The monoisotopic (exact) mass is 394 g/mol. The van der Waals surface area contributed by atoms with Crippen molar-refractivity contribution in [3.8, 4) is 5.75 Å². The molecule has 0 aliphatic rings. The highest BCUT2D eigenvalue weighted by atomic mass is 16.4. The molecule has 0 aromatic heterocycles. The van der Waals surface area contributed by atoms with E-state index in [1.807, 2.05) is 0 Å². The van der Waals surface area contributed by atoms with Crippen molar-refractivity contribution < 1.29 is 24.6 Å². The third kappa shape index (κ3) is 8.36. The minimum Gasteiger partial charge on any atom is -0.508 e. The van der Waals surface area contributed by atoms with Crippen LogP contribution in [0.2, 0.25) is 0 Å². The van der Waals surface area contributed by atoms with E-state index in [0.717, 1.165) is 0 Å². The molecule has 1 rings (SSSR count). The maximum Gasteiger partial charge on any atom is 0.326 e. The highest BCUT2D eigenvalue weighted by Crippen LogP contribution is 2.12. The van der Waals surface area contributed by atoms with Crippen LogP contribution in [-0.4, -0.2) is 59.1 Å². The van der Waals surface area contributed by atoms with Crippen molar-refractivity contribution in [2.75, 3.05) is 13.1 Å². The average molecular weight is 394 g/mol. The van der Waals surface area contributed by atoms with Gasteiger partial charge in [-0.1, -0.05) is 12.1 Å². The molecule has 154 valence electrons. The summed E-state index contributed by atoms with van der Waals surface area (Å²) in [6.45, 7) is -0.0615. The zero-order valence-corrected chi connectivity index (χ0v) is 15.3. The lowest BCUT2D eigenvalue weighted by atomic mass is 10.0. The number of amides is 2. The Balaban J connectivity index is 2.79. The molecule has 0 saturated heterocycles. The van der Waals surface area contributed by atoms with E-state index >= 15 is 0 Å². The standard InChI is InChI=1S/C17H26N6O5/c18-9-14(25)22-12(2-1-7-21-17(19)20)15(26)23-13(16(27)28)8-10-3-5-11(24)6-4-10/h3-6,12-13,24H,1-2,7-9,18H2,(H,22,25)(H,23,26)(H,27,28)(H4,19,20,21). The molecule has 0 aliphatic carbocycles. The summed E-state index contributed by atoms with van der Waals surface area (Å²) < 4.78 is 0. The number of guanidine groups is 1. The average Bonchev–Trinajstić information content (AvgIpc) is 2.64. The number of phenolic OH excluding ortho intramolecular Hbond substituents is 1. The SMILES string of the molecule is NCC(=O)NC(CCCN=C(N)N)C(=O)NC(Cc1ccc(O)cc1)C(=O)O. The van der Waals surface area contributed by atoms with E-state index < -0.39 is 29.9 Å². The molecule has 10 N–H and O–H groups in total. The smallest absolute Gasteiger partial charge is 0.326 e. The lowest BCUT2D eigenvalue weighted by Crippen LogP contribution is -2.53. The number of carbonyl (C=O) groups is 3. The van der Waals surface area contributed by atoms with Gasteiger partial charge in [-0.25, -0.2) is 4.79 Å². The van der Waals surface area contributed by atoms with Crippen molar-refractivity contribution >= 4 is 23.7 Å². The summed E-state index contributed by atoms with van der Waals surface area (Å²) in [5.41, 5.74) is 16.3. The van der Waals surface area contributed by atoms with E-state index in [0.29, 0.717) is 12.0 Å². The van der Waals surface area contributed by atoms with Gasteiger partial charge < -0.3 is 38.0 Å². The summed E-state index contributed by atoms with van der Waals surface area (Å²) in [6.07, 6.45) is 0.587. The Kier molecular flexibility index (Phi) is 9.23. The van der Waals surface area contributed by atoms with Crippen LogP contribution in [0, 0.1) is 0 Å². The molecule has 11 heteroatoms. The molecule has 2 unspecified atom stereocenters. The highest BCUT2D eigenvalue weighted by Gasteiger charge is 2.26. The van der Waals surface area contributed by atoms with E-state index in [4.69, 9.17) is 17.2 Å². The second-order valence-corrected chi connectivity index (χ2v) is 6.04. The molecule has 28 heavy (non-hydrogen) atoms. The van der Waals surface area contributed by atoms with Crippen molar-refractivity contribution in [1.29, 1.82) is 0 Å². The van der Waals surface area contributed by atoms with Crippen LogP contribution in [0.5, 0.6) is 5.75 Å². The number of hydrogen-bond acceptors (Lipinski definition) is 6. The number of nitrogens with two attached hydrogens (primary N) is 3. The van der Waals surface area contributed by atoms with Gasteiger partial charge >= 0.3 is 5.97 Å². The van der Waals surface area contributed by atoms with Crippen LogP contribution in [0.3, 0.4) is 0 Å². The number of nitrogens with one attached hydrogen (secondary N) is 2. The Morgan fingerprint density at radius 2 is 1.71 bits per heavy atom. The highest BCUT2D eigenvalue weighted by molar-refractivity contribution is 5.90. The third-order valence-electron chi connectivity index (χ3n) is 3.77. The molecule has 0 radical (unpaired) electrons. The van der Waals surface area contributed by atoms with Crippen molar-refractivity contribution in [1.82, 2.24) is 10.6 Å². The van der Waals surface area contributed by atoms with Crippen LogP contribution in [0.1, 0.15) is 18.4 Å². The molecule has 11 nitrogen and oxygen atoms in total. The van der Waals surface area contributed by atoms with Gasteiger partial charge in [0.05, 0.1) is 6.54 Å². The number of aliphatic imine (C=N–C) groups is 1. The maximum atomic E-state index is 12.5. The predicted octanol–water partition coefficient (Wildman–Crippen LogP) is -2.00. The van der Waals surface area contributed by atoms with Crippen molar-refractivity contribution in [2.45, 2.75) is 31.3 Å². The van der Waals surface area contributed by atoms with Gasteiger partial charge in [0.2, 0.25) is 11.8 Å². The van der Waals surface area contributed by atoms with E-state index in [2.05, 4.69) is 15.6 Å². The predicted molar refractivity (Wildman–Crippen MR) is 102 cm³/mol. The minimum atomic E-state index is -1.23. The molecule has 0 aliphatic heterocycles. The van der Waals surface area contributed by atoms with Crippen LogP contribution in [0.15, 0.2) is 29.3 Å². The number of phenols is 1. The summed E-state index contributed by atoms with van der Waals surface area (Å²) in [7, 11) is 0. The lowest BCUT2D eigenvalue weighted by Gasteiger charge is -2.21. The first-order valence-corrected chi connectivity index (χ1v) is 8.58. The molecule has 0 heterocycles. The Morgan fingerprint density at radius 1 is 1.07 bits per heavy atom. The molecule has 1 aromatic carbocycles. The number of carbonyl (C=O) groups excluding carboxylic acids is 2. The Morgan fingerprint density at radius 3 is 2.25 bits per heavy atom. The second-order valence-electron chi connectivity index (χ2n) is 6.04. The Hall–Kier alpha value is -3.34. The summed E-state index contributed by atoms with van der Waals surface area (Å²) in [5, 5.41) is 23.6. The van der Waals surface area contributed by atoms with Gasteiger partial charge in [-0.2, -0.15) is 0 Å². The first-order valence-electron chi connectivity index (χ1n) is 8.58. The largest absolute Gasteiger partial charge is 0.508 e. The molecule has 0 fully saturated rings. The summed E-state index contributed by atoms with van der Waals surface area (Å²) >= 11 is 0. The van der Waals surface area contributed by atoms with Gasteiger partial charge in [0.15, 0.2) is 5.96 Å². The summed E-state index contributed by atoms with van der Waals surface area (Å²) in [5.74, 6) is -2.48. The van der Waals surface area contributed by atoms with E-state index in [1.54, 1.807) is 12.1 Å². The van der Waals surface area contributed by atoms with Crippen LogP contribution in [0.25, 0.3) is 0 Å². The van der Waals surface area contributed by atoms with Gasteiger partial charge in [-0.3, -0.25) is 14.6 Å². The molecule has 0 spiro atoms. The van der Waals surface area contributed by atoms with Crippen LogP contribution in [-0.2, 0) is 20.8 Å². The number of carboxylic acids is 1. The molecular formula is C17H26N6O5. The van der Waals surface area contributed by atoms with Gasteiger partial charge in [0.1, 0.15) is 17.8 Å². The summed E-state index contributed by atoms with van der Waals surface area (Å²) in [4.78, 5) is 39.4. The maximum absolute atomic E-state index is 12.5. The fourth-order valence-corrected chi connectivity index (χ4v) is 2.37. The van der Waals surface area contributed by atoms with Crippen molar-refractivity contribution in [3.05, 3.63) is 29.8 Å². The molecular weight excluding hydrogens is 368 g/mol. The number of nitrogens with zero attached hydrogens (tertiary/aromatic N) is 1. The van der Waals surface area contributed by atoms with Gasteiger partial charge in [0.25, 0.3) is 0 Å². The van der Waals surface area contributed by atoms with Crippen molar-refractivity contribution in [3.63, 3.8) is 0 Å². The van der Waals surface area contributed by atoms with Gasteiger partial charge in [-0.05, 0) is 30.5 Å². The zero-order valence-electron chi connectivity index (χ0n) is 15.3. The molecule has 2 atom stereocenters. The van der Waals surface area contributed by atoms with E-state index in [9.17, 15) is 24.6 Å². The minimum absolute atomic E-state index is 0.00685. The quantitative estimate of drug-likeness (QED) is 0.127. The van der Waals surface area contributed by atoms with Crippen LogP contribution >= 0.6 is 0 Å². The number of aromatic hydroxyl groups is 1. The Bertz CT molecular complexity index is 702. The number of aliphatic carboxylic acids is 1. The third-order valence-corrected chi connectivity index (χ3v) is 3.77.